The number of likely N-dealkylation sites (tertiary alicyclic amines) is 1. The molecule has 1 aromatic carbocycles. The van der Waals surface area contributed by atoms with Gasteiger partial charge in [-0.25, -0.2) is 4.98 Å². The number of aromatic nitrogens is 1. The number of thiazole rings is 1. The summed E-state index contributed by atoms with van der Waals surface area (Å²) < 4.78 is 38.7. The molecule has 128 valence electrons. The zero-order valence-electron chi connectivity index (χ0n) is 12.9. The van der Waals surface area contributed by atoms with Crippen LogP contribution in [0.4, 0.5) is 13.2 Å². The molecule has 0 saturated carbocycles. The molecule has 3 nitrogen and oxygen atoms in total. The summed E-state index contributed by atoms with van der Waals surface area (Å²) in [6.45, 7) is 0.983. The molecular weight excluding hydrogens is 337 g/mol. The Morgan fingerprint density at radius 1 is 1.21 bits per heavy atom. The van der Waals surface area contributed by atoms with Crippen molar-refractivity contribution in [3.63, 3.8) is 0 Å². The Morgan fingerprint density at radius 3 is 2.50 bits per heavy atom. The smallest absolute Gasteiger partial charge is 0.338 e. The van der Waals surface area contributed by atoms with E-state index >= 15 is 0 Å². The van der Waals surface area contributed by atoms with E-state index in [9.17, 15) is 18.0 Å². The predicted molar refractivity (Wildman–Crippen MR) is 85.9 cm³/mol. The second-order valence-electron chi connectivity index (χ2n) is 5.95. The third-order valence-corrected chi connectivity index (χ3v) is 5.11. The number of carbonyl (C=O) groups excluding carboxylic acids is 1. The van der Waals surface area contributed by atoms with Crippen molar-refractivity contribution in [3.05, 3.63) is 52.0 Å². The van der Waals surface area contributed by atoms with Gasteiger partial charge in [0.1, 0.15) is 4.88 Å². The van der Waals surface area contributed by atoms with Crippen LogP contribution in [0.5, 0.6) is 0 Å². The molecule has 0 N–H and O–H groups in total. The van der Waals surface area contributed by atoms with Crippen molar-refractivity contribution in [2.45, 2.75) is 25.4 Å². The van der Waals surface area contributed by atoms with E-state index in [0.717, 1.165) is 36.1 Å². The molecule has 3 rings (SSSR count). The highest BCUT2D eigenvalue weighted by Gasteiger charge is 2.39. The Hall–Kier alpha value is -1.89. The summed E-state index contributed by atoms with van der Waals surface area (Å²) in [5.41, 5.74) is 1.27. The number of nitrogens with zero attached hydrogens (tertiary/aromatic N) is 2. The number of hydrogen-bond acceptors (Lipinski definition) is 3. The standard InChI is InChI=1S/C17H17F3N2OS/c18-17(19,20)15-14(24-11-21-15)16(23)22-8-6-13(7-9-22)10-12-4-2-1-3-5-12/h1-5,11,13H,6-10H2. The van der Waals surface area contributed by atoms with E-state index in [1.54, 1.807) is 0 Å². The minimum absolute atomic E-state index is 0.302. The van der Waals surface area contributed by atoms with Crippen LogP contribution in [0.2, 0.25) is 0 Å². The van der Waals surface area contributed by atoms with E-state index in [2.05, 4.69) is 17.1 Å². The number of amides is 1. The molecule has 2 heterocycles. The van der Waals surface area contributed by atoms with E-state index in [4.69, 9.17) is 0 Å². The van der Waals surface area contributed by atoms with Gasteiger partial charge in [0.05, 0.1) is 5.51 Å². The molecule has 1 aliphatic heterocycles. The fourth-order valence-corrected chi connectivity index (χ4v) is 3.80. The maximum atomic E-state index is 12.9. The van der Waals surface area contributed by atoms with Gasteiger partial charge < -0.3 is 4.90 Å². The van der Waals surface area contributed by atoms with Crippen LogP contribution in [0.3, 0.4) is 0 Å². The first-order valence-electron chi connectivity index (χ1n) is 7.79. The Balaban J connectivity index is 1.61. The number of halogens is 3. The number of rotatable bonds is 3. The second-order valence-corrected chi connectivity index (χ2v) is 6.81. The van der Waals surface area contributed by atoms with Gasteiger partial charge in [-0.15, -0.1) is 11.3 Å². The minimum Gasteiger partial charge on any atom is -0.338 e. The van der Waals surface area contributed by atoms with Crippen LogP contribution in [0.15, 0.2) is 35.8 Å². The van der Waals surface area contributed by atoms with Crippen molar-refractivity contribution in [3.8, 4) is 0 Å². The third kappa shape index (κ3) is 3.77. The molecule has 0 unspecified atom stereocenters. The molecule has 0 spiro atoms. The van der Waals surface area contributed by atoms with Gasteiger partial charge in [0.25, 0.3) is 5.91 Å². The third-order valence-electron chi connectivity index (χ3n) is 4.30. The van der Waals surface area contributed by atoms with Crippen LogP contribution in [0, 0.1) is 5.92 Å². The van der Waals surface area contributed by atoms with E-state index in [1.807, 2.05) is 18.2 Å². The largest absolute Gasteiger partial charge is 0.434 e. The lowest BCUT2D eigenvalue weighted by Gasteiger charge is -2.32. The lowest BCUT2D eigenvalue weighted by molar-refractivity contribution is -0.141. The molecule has 0 radical (unpaired) electrons. The maximum Gasteiger partial charge on any atom is 0.434 e. The van der Waals surface area contributed by atoms with Gasteiger partial charge in [0.15, 0.2) is 5.69 Å². The summed E-state index contributed by atoms with van der Waals surface area (Å²) in [5.74, 6) is -0.0945. The van der Waals surface area contributed by atoms with Crippen molar-refractivity contribution in [2.24, 2.45) is 5.92 Å². The summed E-state index contributed by atoms with van der Waals surface area (Å²) in [6, 6.07) is 10.1. The zero-order valence-corrected chi connectivity index (χ0v) is 13.7. The first kappa shape index (κ1) is 17.0. The van der Waals surface area contributed by atoms with Crippen LogP contribution in [-0.2, 0) is 12.6 Å². The molecule has 1 amide bonds. The van der Waals surface area contributed by atoms with Crippen molar-refractivity contribution in [1.29, 1.82) is 0 Å². The Kier molecular flexibility index (Phi) is 4.89. The molecule has 2 aromatic rings. The minimum atomic E-state index is -4.59. The quantitative estimate of drug-likeness (QED) is 0.825. The predicted octanol–water partition coefficient (Wildman–Crippen LogP) is 4.26. The van der Waals surface area contributed by atoms with Crippen LogP contribution < -0.4 is 0 Å². The van der Waals surface area contributed by atoms with Crippen LogP contribution in [-0.4, -0.2) is 28.9 Å². The summed E-state index contributed by atoms with van der Waals surface area (Å²) in [4.78, 5) is 16.9. The highest BCUT2D eigenvalue weighted by Crippen LogP contribution is 2.34. The first-order valence-corrected chi connectivity index (χ1v) is 8.67. The van der Waals surface area contributed by atoms with Crippen LogP contribution in [0.25, 0.3) is 0 Å². The van der Waals surface area contributed by atoms with Crippen molar-refractivity contribution in [2.75, 3.05) is 13.1 Å². The van der Waals surface area contributed by atoms with Gasteiger partial charge in [-0.3, -0.25) is 4.79 Å². The highest BCUT2D eigenvalue weighted by molar-refractivity contribution is 7.11. The number of piperidine rings is 1. The number of hydrogen-bond donors (Lipinski definition) is 0. The van der Waals surface area contributed by atoms with E-state index in [0.29, 0.717) is 19.0 Å². The first-order chi connectivity index (χ1) is 11.4. The average molecular weight is 354 g/mol. The van der Waals surface area contributed by atoms with Gasteiger partial charge >= 0.3 is 6.18 Å². The van der Waals surface area contributed by atoms with Crippen LogP contribution >= 0.6 is 11.3 Å². The molecule has 7 heteroatoms. The SMILES string of the molecule is O=C(c1scnc1C(F)(F)F)N1CCC(Cc2ccccc2)CC1. The Bertz CT molecular complexity index is 691. The average Bonchev–Trinajstić information content (AvgIpc) is 3.06. The molecule has 0 atom stereocenters. The molecule has 1 aromatic heterocycles. The lowest BCUT2D eigenvalue weighted by atomic mass is 9.90. The van der Waals surface area contributed by atoms with Crippen molar-refractivity contribution < 1.29 is 18.0 Å². The van der Waals surface area contributed by atoms with E-state index in [-0.39, 0.29) is 4.88 Å². The zero-order chi connectivity index (χ0) is 17.2. The lowest BCUT2D eigenvalue weighted by Crippen LogP contribution is -2.39. The fourth-order valence-electron chi connectivity index (χ4n) is 3.03. The van der Waals surface area contributed by atoms with Gasteiger partial charge in [0, 0.05) is 13.1 Å². The molecule has 0 bridgehead atoms. The monoisotopic (exact) mass is 354 g/mol. The summed E-state index contributed by atoms with van der Waals surface area (Å²) >= 11 is 0.759. The summed E-state index contributed by atoms with van der Waals surface area (Å²) in [7, 11) is 0. The Labute approximate surface area is 142 Å². The molecule has 1 fully saturated rings. The second kappa shape index (κ2) is 6.93. The molecular formula is C17H17F3N2OS. The number of carbonyl (C=O) groups is 1. The van der Waals surface area contributed by atoms with Gasteiger partial charge in [0.2, 0.25) is 0 Å². The normalized spacial score (nSPS) is 16.4. The number of benzene rings is 1. The van der Waals surface area contributed by atoms with Gasteiger partial charge in [-0.05, 0) is 30.7 Å². The fraction of sp³-hybridized carbons (Fsp3) is 0.412. The summed E-state index contributed by atoms with van der Waals surface area (Å²) in [5, 5.41) is 0. The van der Waals surface area contributed by atoms with Crippen molar-refractivity contribution in [1.82, 2.24) is 9.88 Å². The van der Waals surface area contributed by atoms with Crippen LogP contribution in [0.1, 0.15) is 33.8 Å². The topological polar surface area (TPSA) is 33.2 Å². The number of alkyl halides is 3. The van der Waals surface area contributed by atoms with E-state index in [1.165, 1.54) is 10.5 Å². The van der Waals surface area contributed by atoms with Gasteiger partial charge in [-0.1, -0.05) is 30.3 Å². The summed E-state index contributed by atoms with van der Waals surface area (Å²) in [6.07, 6.45) is -2.03. The molecule has 24 heavy (non-hydrogen) atoms. The molecule has 1 aliphatic rings. The Morgan fingerprint density at radius 2 is 1.88 bits per heavy atom. The van der Waals surface area contributed by atoms with E-state index < -0.39 is 17.8 Å². The maximum absolute atomic E-state index is 12.9. The molecule has 0 aliphatic carbocycles. The van der Waals surface area contributed by atoms with Crippen molar-refractivity contribution >= 4 is 17.2 Å². The van der Waals surface area contributed by atoms with Gasteiger partial charge in [-0.2, -0.15) is 13.2 Å². The molecule has 1 saturated heterocycles. The highest BCUT2D eigenvalue weighted by atomic mass is 32.1.